The van der Waals surface area contributed by atoms with Crippen LogP contribution in [-0.2, 0) is 9.53 Å². The maximum atomic E-state index is 11.2. The molecule has 0 radical (unpaired) electrons. The summed E-state index contributed by atoms with van der Waals surface area (Å²) in [5.41, 5.74) is 0.304. The van der Waals surface area contributed by atoms with Gasteiger partial charge in [0.1, 0.15) is 11.9 Å². The molecule has 0 spiro atoms. The second-order valence-corrected chi connectivity index (χ2v) is 4.32. The molecule has 106 valence electrons. The van der Waals surface area contributed by atoms with Gasteiger partial charge in [-0.3, -0.25) is 4.79 Å². The van der Waals surface area contributed by atoms with Gasteiger partial charge in [0.05, 0.1) is 26.2 Å². The predicted molar refractivity (Wildman–Crippen MR) is 70.2 cm³/mol. The van der Waals surface area contributed by atoms with Crippen molar-refractivity contribution in [3.8, 4) is 5.75 Å². The Bertz CT molecular complexity index is 435. The Kier molecular flexibility index (Phi) is 6.08. The molecule has 0 bridgehead atoms. The SMILES string of the molecule is CCOC(=O)CC(O)C(O)c1cc(OC)ccc1Cl. The summed E-state index contributed by atoms with van der Waals surface area (Å²) < 4.78 is 9.72. The third-order valence-electron chi connectivity index (χ3n) is 2.57. The Morgan fingerprint density at radius 3 is 2.68 bits per heavy atom. The van der Waals surface area contributed by atoms with Gasteiger partial charge in [-0.2, -0.15) is 0 Å². The maximum Gasteiger partial charge on any atom is 0.308 e. The molecule has 2 N–H and O–H groups in total. The largest absolute Gasteiger partial charge is 0.497 e. The van der Waals surface area contributed by atoms with Crippen LogP contribution in [0.3, 0.4) is 0 Å². The van der Waals surface area contributed by atoms with E-state index in [0.717, 1.165) is 0 Å². The molecule has 2 atom stereocenters. The number of hydrogen-bond acceptors (Lipinski definition) is 5. The topological polar surface area (TPSA) is 76.0 Å². The highest BCUT2D eigenvalue weighted by molar-refractivity contribution is 6.31. The Hall–Kier alpha value is -1.30. The normalized spacial score (nSPS) is 13.7. The number of aliphatic hydroxyl groups excluding tert-OH is 2. The van der Waals surface area contributed by atoms with Crippen molar-refractivity contribution in [2.45, 2.75) is 25.6 Å². The first-order valence-corrected chi connectivity index (χ1v) is 6.22. The highest BCUT2D eigenvalue weighted by atomic mass is 35.5. The van der Waals surface area contributed by atoms with E-state index in [1.165, 1.54) is 13.2 Å². The summed E-state index contributed by atoms with van der Waals surface area (Å²) >= 11 is 5.95. The van der Waals surface area contributed by atoms with Gasteiger partial charge in [0, 0.05) is 10.6 Å². The number of carbonyl (C=O) groups is 1. The minimum atomic E-state index is -1.29. The van der Waals surface area contributed by atoms with Crippen LogP contribution in [0.15, 0.2) is 18.2 Å². The van der Waals surface area contributed by atoms with E-state index >= 15 is 0 Å². The lowest BCUT2D eigenvalue weighted by molar-refractivity contribution is -0.147. The molecule has 1 rings (SSSR count). The zero-order valence-corrected chi connectivity index (χ0v) is 11.6. The molecule has 0 aliphatic rings. The second kappa shape index (κ2) is 7.33. The monoisotopic (exact) mass is 288 g/mol. The van der Waals surface area contributed by atoms with Gasteiger partial charge in [-0.25, -0.2) is 0 Å². The molecule has 1 aromatic carbocycles. The van der Waals surface area contributed by atoms with Crippen LogP contribution in [0.25, 0.3) is 0 Å². The number of esters is 1. The van der Waals surface area contributed by atoms with Crippen molar-refractivity contribution in [3.63, 3.8) is 0 Å². The molecule has 0 aliphatic carbocycles. The van der Waals surface area contributed by atoms with Crippen LogP contribution in [0.2, 0.25) is 5.02 Å². The van der Waals surface area contributed by atoms with Crippen LogP contribution >= 0.6 is 11.6 Å². The van der Waals surface area contributed by atoms with E-state index in [2.05, 4.69) is 0 Å². The maximum absolute atomic E-state index is 11.2. The Labute approximate surface area is 116 Å². The number of halogens is 1. The van der Waals surface area contributed by atoms with Gasteiger partial charge >= 0.3 is 5.97 Å². The first-order valence-electron chi connectivity index (χ1n) is 5.84. The molecular weight excluding hydrogens is 272 g/mol. The van der Waals surface area contributed by atoms with Crippen molar-refractivity contribution in [1.29, 1.82) is 0 Å². The average Bonchev–Trinajstić information content (AvgIpc) is 2.38. The fourth-order valence-corrected chi connectivity index (χ4v) is 1.81. The van der Waals surface area contributed by atoms with Crippen molar-refractivity contribution in [2.75, 3.05) is 13.7 Å². The third-order valence-corrected chi connectivity index (χ3v) is 2.91. The molecule has 1 aromatic rings. The second-order valence-electron chi connectivity index (χ2n) is 3.91. The van der Waals surface area contributed by atoms with Gasteiger partial charge < -0.3 is 19.7 Å². The van der Waals surface area contributed by atoms with Crippen molar-refractivity contribution in [2.24, 2.45) is 0 Å². The summed E-state index contributed by atoms with van der Waals surface area (Å²) in [7, 11) is 1.48. The molecule has 0 fully saturated rings. The van der Waals surface area contributed by atoms with Crippen molar-refractivity contribution >= 4 is 17.6 Å². The number of rotatable bonds is 6. The molecule has 6 heteroatoms. The Balaban J connectivity index is 2.81. The summed E-state index contributed by atoms with van der Waals surface area (Å²) in [5.74, 6) is -0.0742. The Morgan fingerprint density at radius 1 is 1.42 bits per heavy atom. The lowest BCUT2D eigenvalue weighted by Gasteiger charge is -2.19. The molecule has 0 saturated heterocycles. The zero-order valence-electron chi connectivity index (χ0n) is 10.8. The van der Waals surface area contributed by atoms with Gasteiger partial charge in [0.2, 0.25) is 0 Å². The van der Waals surface area contributed by atoms with Crippen molar-refractivity contribution in [1.82, 2.24) is 0 Å². The predicted octanol–water partition coefficient (Wildman–Crippen LogP) is 1.70. The summed E-state index contributed by atoms with van der Waals surface area (Å²) in [6.07, 6.45) is -2.88. The van der Waals surface area contributed by atoms with Gasteiger partial charge in [-0.15, -0.1) is 0 Å². The van der Waals surface area contributed by atoms with E-state index in [1.54, 1.807) is 19.1 Å². The summed E-state index contributed by atoms with van der Waals surface area (Å²) in [4.78, 5) is 11.2. The highest BCUT2D eigenvalue weighted by Crippen LogP contribution is 2.30. The van der Waals surface area contributed by atoms with E-state index in [0.29, 0.717) is 11.3 Å². The smallest absolute Gasteiger partial charge is 0.308 e. The van der Waals surface area contributed by atoms with Crippen LogP contribution in [0.5, 0.6) is 5.75 Å². The number of hydrogen-bond donors (Lipinski definition) is 2. The summed E-state index contributed by atoms with van der Waals surface area (Å²) in [5, 5.41) is 20.1. The number of ether oxygens (including phenoxy) is 2. The van der Waals surface area contributed by atoms with Crippen molar-refractivity contribution < 1.29 is 24.5 Å². The first kappa shape index (κ1) is 15.8. The van der Waals surface area contributed by atoms with Gasteiger partial charge in [0.15, 0.2) is 0 Å². The number of carbonyl (C=O) groups excluding carboxylic acids is 1. The molecule has 0 aliphatic heterocycles. The van der Waals surface area contributed by atoms with Crippen LogP contribution < -0.4 is 4.74 Å². The third kappa shape index (κ3) is 4.38. The molecule has 5 nitrogen and oxygen atoms in total. The molecule has 0 saturated carbocycles. The quantitative estimate of drug-likeness (QED) is 0.779. The van der Waals surface area contributed by atoms with E-state index < -0.39 is 18.2 Å². The fourth-order valence-electron chi connectivity index (χ4n) is 1.59. The number of benzene rings is 1. The fraction of sp³-hybridized carbons (Fsp3) is 0.462. The summed E-state index contributed by atoms with van der Waals surface area (Å²) in [6, 6.07) is 4.70. The average molecular weight is 289 g/mol. The molecular formula is C13H17ClO5. The molecule has 2 unspecified atom stereocenters. The van der Waals surface area contributed by atoms with E-state index in [1.807, 2.05) is 0 Å². The molecule has 0 amide bonds. The molecule has 0 aromatic heterocycles. The standard InChI is InChI=1S/C13H17ClO5/c1-3-19-12(16)7-11(15)13(17)9-6-8(18-2)4-5-10(9)14/h4-6,11,13,15,17H,3,7H2,1-2H3. The van der Waals surface area contributed by atoms with Crippen LogP contribution in [-0.4, -0.2) is 36.0 Å². The zero-order chi connectivity index (χ0) is 14.4. The Morgan fingerprint density at radius 2 is 2.11 bits per heavy atom. The lowest BCUT2D eigenvalue weighted by atomic mass is 10.0. The molecule has 19 heavy (non-hydrogen) atoms. The van der Waals surface area contributed by atoms with Gasteiger partial charge in [-0.1, -0.05) is 11.6 Å². The van der Waals surface area contributed by atoms with Gasteiger partial charge in [0.25, 0.3) is 0 Å². The van der Waals surface area contributed by atoms with Crippen LogP contribution in [0.1, 0.15) is 25.0 Å². The number of aliphatic hydroxyl groups is 2. The minimum absolute atomic E-state index is 0.224. The van der Waals surface area contributed by atoms with Gasteiger partial charge in [-0.05, 0) is 25.1 Å². The van der Waals surface area contributed by atoms with Crippen LogP contribution in [0.4, 0.5) is 0 Å². The minimum Gasteiger partial charge on any atom is -0.497 e. The van der Waals surface area contributed by atoms with E-state index in [9.17, 15) is 15.0 Å². The highest BCUT2D eigenvalue weighted by Gasteiger charge is 2.24. The van der Waals surface area contributed by atoms with E-state index in [4.69, 9.17) is 21.1 Å². The molecule has 0 heterocycles. The van der Waals surface area contributed by atoms with Crippen LogP contribution in [0, 0.1) is 0 Å². The van der Waals surface area contributed by atoms with E-state index in [-0.39, 0.29) is 18.1 Å². The number of methoxy groups -OCH3 is 1. The summed E-state index contributed by atoms with van der Waals surface area (Å²) in [6.45, 7) is 1.89. The first-order chi connectivity index (χ1) is 8.99. The van der Waals surface area contributed by atoms with Crippen molar-refractivity contribution in [3.05, 3.63) is 28.8 Å². The lowest BCUT2D eigenvalue weighted by Crippen LogP contribution is -2.23.